The molecule has 4 nitrogen and oxygen atoms in total. The van der Waals surface area contributed by atoms with Gasteiger partial charge in [0.15, 0.2) is 6.54 Å². The normalized spacial score (nSPS) is 10.2. The Morgan fingerprint density at radius 1 is 1.35 bits per heavy atom. The Morgan fingerprint density at radius 3 is 2.65 bits per heavy atom. The van der Waals surface area contributed by atoms with E-state index < -0.39 is 0 Å². The molecule has 0 unspecified atom stereocenters. The molecule has 1 aromatic heterocycles. The van der Waals surface area contributed by atoms with Gasteiger partial charge in [0.25, 0.3) is 11.7 Å². The number of para-hydroxylation sites is 1. The van der Waals surface area contributed by atoms with Crippen LogP contribution in [0.2, 0.25) is 0 Å². The van der Waals surface area contributed by atoms with Crippen LogP contribution in [0.3, 0.4) is 0 Å². The second kappa shape index (κ2) is 4.82. The lowest BCUT2D eigenvalue weighted by molar-refractivity contribution is -0.677. The first kappa shape index (κ1) is 11.4. The van der Waals surface area contributed by atoms with E-state index >= 15 is 0 Å². The summed E-state index contributed by atoms with van der Waals surface area (Å²) in [6, 6.07) is 9.47. The summed E-state index contributed by atoms with van der Waals surface area (Å²) in [5, 5.41) is 2.86. The van der Waals surface area contributed by atoms with E-state index in [1.807, 2.05) is 65.8 Å². The smallest absolute Gasteiger partial charge is 0.266 e. The lowest BCUT2D eigenvalue weighted by atomic mass is 10.3. The molecule has 0 spiro atoms. The van der Waals surface area contributed by atoms with E-state index in [0.29, 0.717) is 6.54 Å². The third-order valence-corrected chi connectivity index (χ3v) is 2.77. The van der Waals surface area contributed by atoms with Crippen molar-refractivity contribution in [1.82, 2.24) is 4.57 Å². The molecule has 0 atom stereocenters. The number of aryl methyl sites for hydroxylation is 1. The molecule has 1 heterocycles. The predicted octanol–water partition coefficient (Wildman–Crippen LogP) is 1.26. The zero-order chi connectivity index (χ0) is 12.3. The topological polar surface area (TPSA) is 37.9 Å². The summed E-state index contributed by atoms with van der Waals surface area (Å²) in [6.45, 7) is 2.32. The largest absolute Gasteiger partial charge is 0.323 e. The van der Waals surface area contributed by atoms with Crippen LogP contribution in [0.1, 0.15) is 5.82 Å². The molecule has 17 heavy (non-hydrogen) atoms. The number of amides is 1. The number of carbonyl (C=O) groups is 1. The Labute approximate surface area is 101 Å². The molecule has 1 N–H and O–H groups in total. The minimum Gasteiger partial charge on any atom is -0.323 e. The van der Waals surface area contributed by atoms with Crippen LogP contribution in [0.5, 0.6) is 0 Å². The van der Waals surface area contributed by atoms with E-state index in [1.54, 1.807) is 0 Å². The number of nitrogens with one attached hydrogen (secondary N) is 1. The van der Waals surface area contributed by atoms with Crippen molar-refractivity contribution in [3.05, 3.63) is 48.5 Å². The van der Waals surface area contributed by atoms with E-state index in [9.17, 15) is 4.79 Å². The highest BCUT2D eigenvalue weighted by Crippen LogP contribution is 2.05. The Balaban J connectivity index is 2.01. The molecule has 0 fully saturated rings. The van der Waals surface area contributed by atoms with Crippen LogP contribution in [0, 0.1) is 6.92 Å². The molecule has 2 aromatic rings. The number of nitrogens with zero attached hydrogens (tertiary/aromatic N) is 2. The second-order valence-electron chi connectivity index (χ2n) is 4.00. The summed E-state index contributed by atoms with van der Waals surface area (Å²) in [4.78, 5) is 11.8. The number of anilines is 1. The summed E-state index contributed by atoms with van der Waals surface area (Å²) in [7, 11) is 1.96. The zero-order valence-electron chi connectivity index (χ0n) is 10.1. The van der Waals surface area contributed by atoms with Gasteiger partial charge in [0.05, 0.1) is 7.05 Å². The van der Waals surface area contributed by atoms with Gasteiger partial charge >= 0.3 is 0 Å². The van der Waals surface area contributed by atoms with Crippen molar-refractivity contribution in [3.8, 4) is 0 Å². The molecule has 4 heteroatoms. The summed E-state index contributed by atoms with van der Waals surface area (Å²) >= 11 is 0. The molecular formula is C13H16N3O+. The van der Waals surface area contributed by atoms with E-state index in [1.165, 1.54) is 0 Å². The maximum Gasteiger partial charge on any atom is 0.266 e. The molecule has 0 bridgehead atoms. The molecule has 0 saturated carbocycles. The van der Waals surface area contributed by atoms with Gasteiger partial charge in [-0.25, -0.2) is 9.13 Å². The van der Waals surface area contributed by atoms with Crippen LogP contribution >= 0.6 is 0 Å². The van der Waals surface area contributed by atoms with Crippen LogP contribution in [-0.4, -0.2) is 10.5 Å². The number of benzene rings is 1. The van der Waals surface area contributed by atoms with Gasteiger partial charge in [-0.2, -0.15) is 0 Å². The van der Waals surface area contributed by atoms with Gasteiger partial charge in [0.1, 0.15) is 12.4 Å². The van der Waals surface area contributed by atoms with Crippen LogP contribution in [0.4, 0.5) is 5.69 Å². The average Bonchev–Trinajstić information content (AvgIpc) is 2.62. The Hall–Kier alpha value is -2.10. The van der Waals surface area contributed by atoms with Crippen molar-refractivity contribution in [2.45, 2.75) is 13.5 Å². The number of aromatic nitrogens is 2. The molecule has 88 valence electrons. The van der Waals surface area contributed by atoms with Gasteiger partial charge in [-0.15, -0.1) is 0 Å². The molecule has 1 aromatic carbocycles. The van der Waals surface area contributed by atoms with Crippen LogP contribution < -0.4 is 9.88 Å². The van der Waals surface area contributed by atoms with E-state index in [0.717, 1.165) is 11.5 Å². The molecule has 2 rings (SSSR count). The van der Waals surface area contributed by atoms with Crippen LogP contribution in [0.15, 0.2) is 42.7 Å². The fourth-order valence-electron chi connectivity index (χ4n) is 1.64. The van der Waals surface area contributed by atoms with Crippen molar-refractivity contribution < 1.29 is 9.36 Å². The van der Waals surface area contributed by atoms with E-state index in [2.05, 4.69) is 5.32 Å². The highest BCUT2D eigenvalue weighted by molar-refractivity contribution is 5.90. The Bertz CT molecular complexity index is 517. The summed E-state index contributed by atoms with van der Waals surface area (Å²) in [5.74, 6) is 1.03. The molecule has 0 saturated heterocycles. The van der Waals surface area contributed by atoms with Gasteiger partial charge in [0.2, 0.25) is 0 Å². The standard InChI is InChI=1S/C13H15N3O/c1-11-15(2)8-9-16(11)10-13(17)14-12-6-4-3-5-7-12/h3-9H,10H2,1-2H3/p+1. The number of carbonyl (C=O) groups excluding carboxylic acids is 1. The zero-order valence-corrected chi connectivity index (χ0v) is 10.1. The van der Waals surface area contributed by atoms with Crippen LogP contribution in [-0.2, 0) is 18.4 Å². The highest BCUT2D eigenvalue weighted by Gasteiger charge is 2.12. The molecule has 0 aliphatic heterocycles. The van der Waals surface area contributed by atoms with Crippen molar-refractivity contribution >= 4 is 11.6 Å². The first-order valence-corrected chi connectivity index (χ1v) is 5.53. The van der Waals surface area contributed by atoms with Crippen molar-refractivity contribution in [2.75, 3.05) is 5.32 Å². The molecule has 0 aliphatic rings. The van der Waals surface area contributed by atoms with E-state index in [-0.39, 0.29) is 5.91 Å². The number of hydrogen-bond acceptors (Lipinski definition) is 1. The Kier molecular flexibility index (Phi) is 3.23. The summed E-state index contributed by atoms with van der Waals surface area (Å²) < 4.78 is 3.90. The van der Waals surface area contributed by atoms with Crippen molar-refractivity contribution in [2.24, 2.45) is 7.05 Å². The quantitative estimate of drug-likeness (QED) is 0.792. The van der Waals surface area contributed by atoms with Gasteiger partial charge in [-0.05, 0) is 12.1 Å². The SMILES string of the molecule is Cc1n(CC(=O)Nc2ccccc2)cc[n+]1C. The first-order chi connectivity index (χ1) is 8.16. The fraction of sp³-hybridized carbons (Fsp3) is 0.231. The maximum absolute atomic E-state index is 11.8. The molecular weight excluding hydrogens is 214 g/mol. The number of hydrogen-bond donors (Lipinski definition) is 1. The van der Waals surface area contributed by atoms with Crippen molar-refractivity contribution in [3.63, 3.8) is 0 Å². The fourth-order valence-corrected chi connectivity index (χ4v) is 1.64. The summed E-state index contributed by atoms with van der Waals surface area (Å²) in [5.41, 5.74) is 0.826. The Morgan fingerprint density at radius 2 is 2.06 bits per heavy atom. The third-order valence-electron chi connectivity index (χ3n) is 2.77. The first-order valence-electron chi connectivity index (χ1n) is 5.53. The van der Waals surface area contributed by atoms with Gasteiger partial charge in [0, 0.05) is 12.6 Å². The third kappa shape index (κ3) is 2.72. The lowest BCUT2D eigenvalue weighted by Gasteiger charge is -2.03. The number of imidazole rings is 1. The molecule has 1 amide bonds. The summed E-state index contributed by atoms with van der Waals surface area (Å²) in [6.07, 6.45) is 3.84. The van der Waals surface area contributed by atoms with E-state index in [4.69, 9.17) is 0 Å². The highest BCUT2D eigenvalue weighted by atomic mass is 16.1. The average molecular weight is 230 g/mol. The van der Waals surface area contributed by atoms with Gasteiger partial charge < -0.3 is 5.32 Å². The van der Waals surface area contributed by atoms with Crippen molar-refractivity contribution in [1.29, 1.82) is 0 Å². The van der Waals surface area contributed by atoms with Crippen LogP contribution in [0.25, 0.3) is 0 Å². The minimum absolute atomic E-state index is 0.0181. The lowest BCUT2D eigenvalue weighted by Crippen LogP contribution is -2.31. The maximum atomic E-state index is 11.8. The molecule has 0 radical (unpaired) electrons. The van der Waals surface area contributed by atoms with Gasteiger partial charge in [-0.1, -0.05) is 18.2 Å². The minimum atomic E-state index is -0.0181. The second-order valence-corrected chi connectivity index (χ2v) is 4.00. The van der Waals surface area contributed by atoms with Gasteiger partial charge in [-0.3, -0.25) is 4.79 Å². The molecule has 0 aliphatic carbocycles. The monoisotopic (exact) mass is 230 g/mol. The number of rotatable bonds is 3. The predicted molar refractivity (Wildman–Crippen MR) is 65.4 cm³/mol.